The Labute approximate surface area is 213 Å². The van der Waals surface area contributed by atoms with E-state index in [2.05, 4.69) is 68.5 Å². The fraction of sp³-hybridized carbons (Fsp3) is 0.242. The molecule has 0 saturated heterocycles. The lowest BCUT2D eigenvalue weighted by molar-refractivity contribution is 0.352. The van der Waals surface area contributed by atoms with E-state index in [1.165, 1.54) is 54.4 Å². The summed E-state index contributed by atoms with van der Waals surface area (Å²) in [6, 6.07) is 27.2. The van der Waals surface area contributed by atoms with Crippen LogP contribution in [0.2, 0.25) is 0 Å². The van der Waals surface area contributed by atoms with Crippen LogP contribution >= 0.6 is 0 Å². The van der Waals surface area contributed by atoms with Gasteiger partial charge in [-0.3, -0.25) is 0 Å². The van der Waals surface area contributed by atoms with Crippen molar-refractivity contribution in [1.29, 1.82) is 0 Å². The van der Waals surface area contributed by atoms with Crippen LogP contribution in [-0.4, -0.2) is 15.0 Å². The molecule has 6 rings (SSSR count). The second-order valence-electron chi connectivity index (χ2n) is 9.81. The summed E-state index contributed by atoms with van der Waals surface area (Å²) in [6.07, 6.45) is 10.9. The van der Waals surface area contributed by atoms with Gasteiger partial charge in [0.25, 0.3) is 0 Å². The lowest BCUT2D eigenvalue weighted by atomic mass is 9.67. The van der Waals surface area contributed by atoms with E-state index in [4.69, 9.17) is 15.0 Å². The smallest absolute Gasteiger partial charge is 0.164 e. The Morgan fingerprint density at radius 1 is 0.611 bits per heavy atom. The monoisotopic (exact) mass is 469 g/mol. The second kappa shape index (κ2) is 9.31. The van der Waals surface area contributed by atoms with Gasteiger partial charge in [0.2, 0.25) is 0 Å². The van der Waals surface area contributed by atoms with Crippen molar-refractivity contribution in [2.45, 2.75) is 51.4 Å². The van der Waals surface area contributed by atoms with Crippen molar-refractivity contribution >= 4 is 5.57 Å². The van der Waals surface area contributed by atoms with E-state index in [1.807, 2.05) is 36.4 Å². The molecule has 36 heavy (non-hydrogen) atoms. The summed E-state index contributed by atoms with van der Waals surface area (Å²) in [7, 11) is 0. The highest BCUT2D eigenvalue weighted by molar-refractivity contribution is 5.96. The maximum Gasteiger partial charge on any atom is 0.164 e. The van der Waals surface area contributed by atoms with Crippen molar-refractivity contribution in [1.82, 2.24) is 15.0 Å². The van der Waals surface area contributed by atoms with Gasteiger partial charge in [0.05, 0.1) is 0 Å². The van der Waals surface area contributed by atoms with Crippen molar-refractivity contribution < 1.29 is 0 Å². The molecule has 2 aliphatic rings. The van der Waals surface area contributed by atoms with E-state index in [0.29, 0.717) is 11.6 Å². The van der Waals surface area contributed by atoms with Crippen LogP contribution in [0.5, 0.6) is 0 Å². The van der Waals surface area contributed by atoms with Gasteiger partial charge in [-0.2, -0.15) is 0 Å². The van der Waals surface area contributed by atoms with Gasteiger partial charge >= 0.3 is 0 Å². The maximum absolute atomic E-state index is 5.06. The average molecular weight is 470 g/mol. The van der Waals surface area contributed by atoms with Crippen LogP contribution in [0.1, 0.15) is 57.1 Å². The number of aromatic nitrogens is 3. The number of hydrogen-bond donors (Lipinski definition) is 0. The number of benzene rings is 3. The first kappa shape index (κ1) is 22.6. The molecule has 4 aromatic rings. The molecule has 0 unspecified atom stereocenters. The van der Waals surface area contributed by atoms with Crippen molar-refractivity contribution in [3.63, 3.8) is 0 Å². The van der Waals surface area contributed by atoms with E-state index in [1.54, 1.807) is 0 Å². The quantitative estimate of drug-likeness (QED) is 0.302. The molecule has 178 valence electrons. The van der Waals surface area contributed by atoms with Crippen molar-refractivity contribution in [3.05, 3.63) is 108 Å². The molecule has 0 atom stereocenters. The van der Waals surface area contributed by atoms with Gasteiger partial charge in [0.15, 0.2) is 17.5 Å². The molecule has 0 amide bonds. The zero-order valence-corrected chi connectivity index (χ0v) is 21.0. The van der Waals surface area contributed by atoms with Crippen LogP contribution in [0.25, 0.3) is 39.7 Å². The topological polar surface area (TPSA) is 38.7 Å². The highest BCUT2D eigenvalue weighted by Gasteiger charge is 2.46. The SMILES string of the molecule is C/C=C1\C(=C/C)c2c(-c3nc(-c4ccccc4)nc(-c4ccccc4)n3)cccc2C12CCCCC2. The standard InChI is InChI=1S/C33H31N3/c1-3-25-27(4-2)33(21-12-7-13-22-33)28-20-14-19-26(29(25)28)32-35-30(23-15-8-5-9-16-23)34-31(36-32)24-17-10-6-11-18-24/h3-6,8-11,14-20H,7,12-13,21-22H2,1-2H3/b25-3+,27-4+. The van der Waals surface area contributed by atoms with Crippen LogP contribution in [0.3, 0.4) is 0 Å². The zero-order valence-electron chi connectivity index (χ0n) is 21.0. The lowest BCUT2D eigenvalue weighted by Gasteiger charge is -2.36. The Kier molecular flexibility index (Phi) is 5.85. The van der Waals surface area contributed by atoms with Gasteiger partial charge in [0.1, 0.15) is 0 Å². The highest BCUT2D eigenvalue weighted by atomic mass is 15.0. The Bertz CT molecular complexity index is 1400. The van der Waals surface area contributed by atoms with Crippen LogP contribution in [0.4, 0.5) is 0 Å². The van der Waals surface area contributed by atoms with Crippen LogP contribution in [0.15, 0.2) is 96.6 Å². The molecule has 0 radical (unpaired) electrons. The van der Waals surface area contributed by atoms with E-state index < -0.39 is 0 Å². The molecule has 1 saturated carbocycles. The van der Waals surface area contributed by atoms with Gasteiger partial charge in [-0.15, -0.1) is 0 Å². The minimum atomic E-state index is 0.109. The van der Waals surface area contributed by atoms with E-state index in [0.717, 1.165) is 22.5 Å². The molecule has 2 aliphatic carbocycles. The first-order chi connectivity index (χ1) is 17.7. The Hall–Kier alpha value is -3.85. The minimum Gasteiger partial charge on any atom is -0.208 e. The lowest BCUT2D eigenvalue weighted by Crippen LogP contribution is -2.28. The van der Waals surface area contributed by atoms with Gasteiger partial charge in [-0.05, 0) is 49.0 Å². The summed E-state index contributed by atoms with van der Waals surface area (Å²) in [5.74, 6) is 2.15. The fourth-order valence-electron chi connectivity index (χ4n) is 6.32. The van der Waals surface area contributed by atoms with Gasteiger partial charge < -0.3 is 0 Å². The molecular formula is C33H31N3. The number of hydrogen-bond acceptors (Lipinski definition) is 3. The summed E-state index contributed by atoms with van der Waals surface area (Å²) in [5, 5.41) is 0. The summed E-state index contributed by atoms with van der Waals surface area (Å²) in [4.78, 5) is 15.0. The van der Waals surface area contributed by atoms with Crippen LogP contribution in [0, 0.1) is 0 Å². The van der Waals surface area contributed by atoms with E-state index in [9.17, 15) is 0 Å². The molecule has 3 nitrogen and oxygen atoms in total. The summed E-state index contributed by atoms with van der Waals surface area (Å²) < 4.78 is 0. The number of nitrogens with zero attached hydrogens (tertiary/aromatic N) is 3. The third-order valence-corrected chi connectivity index (χ3v) is 7.88. The molecule has 3 aromatic carbocycles. The van der Waals surface area contributed by atoms with Gasteiger partial charge in [0, 0.05) is 22.1 Å². The predicted octanol–water partition coefficient (Wildman–Crippen LogP) is 8.44. The number of rotatable bonds is 3. The van der Waals surface area contributed by atoms with Gasteiger partial charge in [-0.25, -0.2) is 15.0 Å². The van der Waals surface area contributed by atoms with Crippen molar-refractivity contribution in [3.8, 4) is 34.2 Å². The van der Waals surface area contributed by atoms with E-state index in [-0.39, 0.29) is 5.41 Å². The molecule has 0 aliphatic heterocycles. The fourth-order valence-corrected chi connectivity index (χ4v) is 6.32. The van der Waals surface area contributed by atoms with Crippen LogP contribution < -0.4 is 0 Å². The molecule has 0 bridgehead atoms. The number of fused-ring (bicyclic) bond motifs is 2. The van der Waals surface area contributed by atoms with Crippen molar-refractivity contribution in [2.75, 3.05) is 0 Å². The normalized spacial score (nSPS) is 18.6. The first-order valence-corrected chi connectivity index (χ1v) is 13.1. The Balaban J connectivity index is 1.61. The van der Waals surface area contributed by atoms with Crippen molar-refractivity contribution in [2.24, 2.45) is 0 Å². The average Bonchev–Trinajstić information content (AvgIpc) is 3.22. The summed E-state index contributed by atoms with van der Waals surface area (Å²) in [5.41, 5.74) is 8.77. The molecule has 0 N–H and O–H groups in total. The molecule has 1 aromatic heterocycles. The maximum atomic E-state index is 5.06. The van der Waals surface area contributed by atoms with Crippen LogP contribution in [-0.2, 0) is 5.41 Å². The van der Waals surface area contributed by atoms with Gasteiger partial charge in [-0.1, -0.05) is 110 Å². The molecule has 1 heterocycles. The zero-order chi connectivity index (χ0) is 24.5. The number of allylic oxidation sites excluding steroid dienone is 4. The largest absolute Gasteiger partial charge is 0.208 e. The molecular weight excluding hydrogens is 438 g/mol. The molecule has 1 spiro atoms. The summed E-state index contributed by atoms with van der Waals surface area (Å²) >= 11 is 0. The van der Waals surface area contributed by atoms with E-state index >= 15 is 0 Å². The molecule has 3 heteroatoms. The third-order valence-electron chi connectivity index (χ3n) is 7.88. The highest BCUT2D eigenvalue weighted by Crippen LogP contribution is 2.58. The minimum absolute atomic E-state index is 0.109. The second-order valence-corrected chi connectivity index (χ2v) is 9.81. The Morgan fingerprint density at radius 2 is 1.19 bits per heavy atom. The first-order valence-electron chi connectivity index (χ1n) is 13.1. The molecule has 1 fully saturated rings. The summed E-state index contributed by atoms with van der Waals surface area (Å²) in [6.45, 7) is 4.37. The predicted molar refractivity (Wildman–Crippen MR) is 148 cm³/mol. The third kappa shape index (κ3) is 3.62. The Morgan fingerprint density at radius 3 is 1.75 bits per heavy atom.